The van der Waals surface area contributed by atoms with Crippen LogP contribution in [0.3, 0.4) is 0 Å². The molecule has 0 bridgehead atoms. The van der Waals surface area contributed by atoms with E-state index in [0.29, 0.717) is 47.1 Å². The van der Waals surface area contributed by atoms with Crippen LogP contribution in [0.4, 0.5) is 0 Å². The van der Waals surface area contributed by atoms with Gasteiger partial charge in [-0.15, -0.1) is 0 Å². The molecule has 0 saturated heterocycles. The maximum Gasteiger partial charge on any atom is 1.00 e. The van der Waals surface area contributed by atoms with Gasteiger partial charge in [0.05, 0.1) is 30.9 Å². The van der Waals surface area contributed by atoms with Crippen molar-refractivity contribution in [2.24, 2.45) is 11.8 Å². The number of methoxy groups -OCH3 is 1. The molecule has 0 saturated carbocycles. The standard InChI is InChI=1S/C24H32ClO4P.Li.H/c1-16(2)11-13-28-18-9-10-22(21(15-18)29-14-12-17(3)4)30-24(26)23-19(25)7-6-8-20(23)27-5;;/h6-10,15-17,30H,11-14H2,1-5H3;;/q;+1;-1. The molecule has 2 rings (SSSR count). The summed E-state index contributed by atoms with van der Waals surface area (Å²) >= 11 is 6.29. The molecule has 0 aliphatic carbocycles. The largest absolute Gasteiger partial charge is 1.00 e. The molecule has 0 heterocycles. The molecule has 0 N–H and O–H groups in total. The quantitative estimate of drug-likeness (QED) is 0.361. The first kappa shape index (κ1) is 27.9. The van der Waals surface area contributed by atoms with Crippen molar-refractivity contribution >= 4 is 31.0 Å². The molecule has 0 radical (unpaired) electrons. The van der Waals surface area contributed by atoms with Gasteiger partial charge in [0.2, 0.25) is 0 Å². The third-order valence-electron chi connectivity index (χ3n) is 4.54. The van der Waals surface area contributed by atoms with Crippen LogP contribution in [0.2, 0.25) is 5.02 Å². The van der Waals surface area contributed by atoms with E-state index < -0.39 is 0 Å². The minimum Gasteiger partial charge on any atom is -1.00 e. The van der Waals surface area contributed by atoms with Gasteiger partial charge in [0.25, 0.3) is 0 Å². The number of carbonyl (C=O) groups excluding carboxylic acids is 1. The first-order chi connectivity index (χ1) is 14.3. The monoisotopic (exact) mass is 458 g/mol. The van der Waals surface area contributed by atoms with Gasteiger partial charge in [-0.3, -0.25) is 4.79 Å². The van der Waals surface area contributed by atoms with Crippen molar-refractivity contribution in [3.63, 3.8) is 0 Å². The Hall–Kier alpha value is -1.17. The zero-order chi connectivity index (χ0) is 22.1. The molecule has 31 heavy (non-hydrogen) atoms. The van der Waals surface area contributed by atoms with Crippen LogP contribution in [0.1, 0.15) is 52.3 Å². The maximum atomic E-state index is 13.0. The maximum absolute atomic E-state index is 13.0. The van der Waals surface area contributed by atoms with Gasteiger partial charge in [0.1, 0.15) is 17.2 Å². The first-order valence-electron chi connectivity index (χ1n) is 10.3. The van der Waals surface area contributed by atoms with Gasteiger partial charge in [-0.1, -0.05) is 45.4 Å². The molecule has 7 heteroatoms. The van der Waals surface area contributed by atoms with Gasteiger partial charge in [-0.05, 0) is 57.5 Å². The second-order valence-corrected chi connectivity index (χ2v) is 9.64. The summed E-state index contributed by atoms with van der Waals surface area (Å²) in [5, 5.41) is 1.23. The number of benzene rings is 2. The van der Waals surface area contributed by atoms with Gasteiger partial charge >= 0.3 is 18.9 Å². The second-order valence-electron chi connectivity index (χ2n) is 7.99. The first-order valence-corrected chi connectivity index (χ1v) is 11.7. The number of halogens is 1. The fourth-order valence-corrected chi connectivity index (χ4v) is 4.10. The van der Waals surface area contributed by atoms with Crippen LogP contribution >= 0.6 is 20.2 Å². The van der Waals surface area contributed by atoms with Gasteiger partial charge in [0.15, 0.2) is 5.52 Å². The molecule has 1 unspecified atom stereocenters. The molecule has 0 aliphatic rings. The third-order valence-corrected chi connectivity index (χ3v) is 6.01. The van der Waals surface area contributed by atoms with E-state index >= 15 is 0 Å². The van der Waals surface area contributed by atoms with Crippen molar-refractivity contribution in [2.75, 3.05) is 20.3 Å². The summed E-state index contributed by atoms with van der Waals surface area (Å²) in [5.41, 5.74) is 0.324. The van der Waals surface area contributed by atoms with Crippen LogP contribution < -0.4 is 38.4 Å². The van der Waals surface area contributed by atoms with Crippen LogP contribution in [0.25, 0.3) is 0 Å². The van der Waals surface area contributed by atoms with Crippen molar-refractivity contribution in [1.82, 2.24) is 0 Å². The molecule has 0 aromatic heterocycles. The van der Waals surface area contributed by atoms with E-state index in [1.165, 1.54) is 7.11 Å². The minimum absolute atomic E-state index is 0. The third kappa shape index (κ3) is 9.07. The Kier molecular flexibility index (Phi) is 12.6. The molecule has 2 aromatic carbocycles. The predicted molar refractivity (Wildman–Crippen MR) is 128 cm³/mol. The number of carbonyl (C=O) groups is 1. The van der Waals surface area contributed by atoms with Crippen LogP contribution in [-0.4, -0.2) is 25.8 Å². The van der Waals surface area contributed by atoms with Crippen molar-refractivity contribution in [2.45, 2.75) is 40.5 Å². The van der Waals surface area contributed by atoms with Gasteiger partial charge in [0, 0.05) is 11.4 Å². The fraction of sp³-hybridized carbons (Fsp3) is 0.458. The van der Waals surface area contributed by atoms with E-state index in [1.807, 2.05) is 18.2 Å². The van der Waals surface area contributed by atoms with E-state index in [9.17, 15) is 4.79 Å². The summed E-state index contributed by atoms with van der Waals surface area (Å²) < 4.78 is 17.3. The van der Waals surface area contributed by atoms with Crippen LogP contribution in [0, 0.1) is 11.8 Å². The molecule has 4 nitrogen and oxygen atoms in total. The molecular weight excluding hydrogens is 426 g/mol. The van der Waals surface area contributed by atoms with Crippen LogP contribution in [0.5, 0.6) is 17.2 Å². The van der Waals surface area contributed by atoms with Gasteiger partial charge < -0.3 is 15.6 Å². The zero-order valence-electron chi connectivity index (χ0n) is 20.5. The van der Waals surface area contributed by atoms with E-state index in [2.05, 4.69) is 27.7 Å². The summed E-state index contributed by atoms with van der Waals surface area (Å²) in [4.78, 5) is 13.0. The van der Waals surface area contributed by atoms with Crippen molar-refractivity contribution in [3.8, 4) is 17.2 Å². The summed E-state index contributed by atoms with van der Waals surface area (Å²) in [6.07, 6.45) is 1.92. The normalized spacial score (nSPS) is 11.1. The van der Waals surface area contributed by atoms with Crippen LogP contribution in [0.15, 0.2) is 36.4 Å². The summed E-state index contributed by atoms with van der Waals surface area (Å²) in [6, 6.07) is 10.9. The Morgan fingerprint density at radius 2 is 1.65 bits per heavy atom. The topological polar surface area (TPSA) is 44.8 Å². The summed E-state index contributed by atoms with van der Waals surface area (Å²) in [6.45, 7) is 9.90. The average molecular weight is 459 g/mol. The van der Waals surface area contributed by atoms with E-state index in [0.717, 1.165) is 23.9 Å². The second kappa shape index (κ2) is 14.1. The number of hydrogen-bond donors (Lipinski definition) is 0. The van der Waals surface area contributed by atoms with Gasteiger partial charge in [-0.25, -0.2) is 0 Å². The number of hydrogen-bond acceptors (Lipinski definition) is 4. The Labute approximate surface area is 206 Å². The molecule has 2 aromatic rings. The van der Waals surface area contributed by atoms with Crippen molar-refractivity contribution < 1.29 is 39.3 Å². The van der Waals surface area contributed by atoms with E-state index in [-0.39, 0.29) is 34.4 Å². The SMILES string of the molecule is COc1cccc(Cl)c1C(=O)Pc1ccc(OCCC(C)C)cc1OCCC(C)C.[H-].[Li+]. The Bertz CT molecular complexity index is 849. The smallest absolute Gasteiger partial charge is 1.00 e. The molecule has 0 aliphatic heterocycles. The number of ether oxygens (including phenoxy) is 3. The zero-order valence-corrected chi connectivity index (χ0v) is 21.2. The molecule has 0 fully saturated rings. The molecule has 0 amide bonds. The molecular formula is C24H33ClLiO4P. The van der Waals surface area contributed by atoms with E-state index in [1.54, 1.807) is 18.2 Å². The average Bonchev–Trinajstić information content (AvgIpc) is 2.68. The molecule has 1 atom stereocenters. The predicted octanol–water partition coefficient (Wildman–Crippen LogP) is 3.46. The molecule has 0 spiro atoms. The minimum atomic E-state index is -0.133. The Morgan fingerprint density at radius 3 is 2.26 bits per heavy atom. The number of rotatable bonds is 12. The van der Waals surface area contributed by atoms with Crippen LogP contribution in [-0.2, 0) is 0 Å². The Balaban J connectivity index is 0.00000480. The van der Waals surface area contributed by atoms with Crippen molar-refractivity contribution in [1.29, 1.82) is 0 Å². The summed E-state index contributed by atoms with van der Waals surface area (Å²) in [7, 11) is 1.40. The van der Waals surface area contributed by atoms with Gasteiger partial charge in [-0.2, -0.15) is 0 Å². The van der Waals surface area contributed by atoms with Crippen molar-refractivity contribution in [3.05, 3.63) is 47.0 Å². The fourth-order valence-electron chi connectivity index (χ4n) is 2.71. The summed E-state index contributed by atoms with van der Waals surface area (Å²) in [5.74, 6) is 3.05. The molecule has 166 valence electrons. The Morgan fingerprint density at radius 1 is 1.00 bits per heavy atom. The van der Waals surface area contributed by atoms with E-state index in [4.69, 9.17) is 25.8 Å².